The second-order valence-corrected chi connectivity index (χ2v) is 7.43. The highest BCUT2D eigenvalue weighted by atomic mass is 16.5. The minimum Gasteiger partial charge on any atom is -0.481 e. The van der Waals surface area contributed by atoms with Crippen LogP contribution in [0, 0.1) is 13.8 Å². The number of benzene rings is 2. The molecule has 0 unspecified atom stereocenters. The van der Waals surface area contributed by atoms with Crippen LogP contribution < -0.4 is 10.1 Å². The summed E-state index contributed by atoms with van der Waals surface area (Å²) in [5.74, 6) is 0.680. The van der Waals surface area contributed by atoms with Gasteiger partial charge in [0.05, 0.1) is 0 Å². The van der Waals surface area contributed by atoms with E-state index in [-0.39, 0.29) is 11.3 Å². The van der Waals surface area contributed by atoms with Crippen LogP contribution in [0.25, 0.3) is 0 Å². The van der Waals surface area contributed by atoms with Gasteiger partial charge in [-0.15, -0.1) is 0 Å². The molecule has 1 heterocycles. The molecule has 0 aliphatic carbocycles. The molecule has 2 aromatic rings. The average Bonchev–Trinajstić information content (AvgIpc) is 2.71. The molecule has 3 rings (SSSR count). The zero-order chi connectivity index (χ0) is 19.3. The molecule has 0 aromatic heterocycles. The van der Waals surface area contributed by atoms with Gasteiger partial charge in [0.2, 0.25) is 0 Å². The summed E-state index contributed by atoms with van der Waals surface area (Å²) in [6.45, 7) is 7.90. The number of nitrogens with one attached hydrogen (secondary N) is 1. The first-order valence-corrected chi connectivity index (χ1v) is 9.66. The number of hydrogen-bond donors (Lipinski definition) is 1. The Labute approximate surface area is 161 Å². The molecular weight excluding hydrogens is 338 g/mol. The quantitative estimate of drug-likeness (QED) is 0.841. The van der Waals surface area contributed by atoms with Crippen molar-refractivity contribution in [1.82, 2.24) is 5.32 Å². The van der Waals surface area contributed by atoms with E-state index in [1.807, 2.05) is 38.1 Å². The second kappa shape index (κ2) is 8.57. The van der Waals surface area contributed by atoms with Gasteiger partial charge in [-0.1, -0.05) is 42.5 Å². The van der Waals surface area contributed by atoms with Gasteiger partial charge in [0, 0.05) is 25.2 Å². The predicted molar refractivity (Wildman–Crippen MR) is 107 cm³/mol. The summed E-state index contributed by atoms with van der Waals surface area (Å²) in [6, 6.07) is 16.3. The van der Waals surface area contributed by atoms with Gasteiger partial charge in [-0.3, -0.25) is 4.79 Å². The molecule has 0 spiro atoms. The van der Waals surface area contributed by atoms with E-state index in [1.165, 1.54) is 5.56 Å². The second-order valence-electron chi connectivity index (χ2n) is 7.43. The first kappa shape index (κ1) is 19.4. The van der Waals surface area contributed by atoms with Crippen LogP contribution in [0.15, 0.2) is 48.5 Å². The van der Waals surface area contributed by atoms with Crippen molar-refractivity contribution in [3.05, 3.63) is 65.2 Å². The summed E-state index contributed by atoms with van der Waals surface area (Å²) in [5, 5.41) is 3.13. The SMILES string of the molecule is Cc1cccc(O[C@H](C)C(=O)NCC2(c3ccccc3)CCOCC2)c1C. The van der Waals surface area contributed by atoms with Crippen LogP contribution in [-0.2, 0) is 14.9 Å². The molecule has 4 heteroatoms. The van der Waals surface area contributed by atoms with Gasteiger partial charge in [-0.25, -0.2) is 0 Å². The highest BCUT2D eigenvalue weighted by molar-refractivity contribution is 5.80. The van der Waals surface area contributed by atoms with Crippen molar-refractivity contribution >= 4 is 5.91 Å². The van der Waals surface area contributed by atoms with Gasteiger partial charge in [-0.05, 0) is 56.4 Å². The fourth-order valence-corrected chi connectivity index (χ4v) is 3.62. The van der Waals surface area contributed by atoms with Crippen LogP contribution >= 0.6 is 0 Å². The van der Waals surface area contributed by atoms with Crippen LogP contribution in [0.4, 0.5) is 0 Å². The molecule has 1 aliphatic heterocycles. The zero-order valence-electron chi connectivity index (χ0n) is 16.5. The van der Waals surface area contributed by atoms with Gasteiger partial charge in [0.25, 0.3) is 5.91 Å². The molecule has 0 radical (unpaired) electrons. The summed E-state index contributed by atoms with van der Waals surface area (Å²) in [5.41, 5.74) is 3.41. The van der Waals surface area contributed by atoms with Crippen molar-refractivity contribution in [2.24, 2.45) is 0 Å². The monoisotopic (exact) mass is 367 g/mol. The molecule has 1 aliphatic rings. The molecule has 1 fully saturated rings. The number of aryl methyl sites for hydroxylation is 1. The van der Waals surface area contributed by atoms with E-state index in [0.29, 0.717) is 6.54 Å². The lowest BCUT2D eigenvalue weighted by atomic mass is 9.74. The largest absolute Gasteiger partial charge is 0.481 e. The van der Waals surface area contributed by atoms with Crippen molar-refractivity contribution in [3.63, 3.8) is 0 Å². The van der Waals surface area contributed by atoms with E-state index < -0.39 is 6.10 Å². The molecule has 4 nitrogen and oxygen atoms in total. The number of carbonyl (C=O) groups is 1. The molecule has 1 amide bonds. The number of carbonyl (C=O) groups excluding carboxylic acids is 1. The lowest BCUT2D eigenvalue weighted by molar-refractivity contribution is -0.127. The van der Waals surface area contributed by atoms with E-state index in [1.54, 1.807) is 6.92 Å². The molecule has 2 aromatic carbocycles. The summed E-state index contributed by atoms with van der Waals surface area (Å²) in [4.78, 5) is 12.7. The number of rotatable bonds is 6. The van der Waals surface area contributed by atoms with Gasteiger partial charge in [-0.2, -0.15) is 0 Å². The van der Waals surface area contributed by atoms with Crippen molar-refractivity contribution in [1.29, 1.82) is 0 Å². The topological polar surface area (TPSA) is 47.6 Å². The predicted octanol–water partition coefficient (Wildman–Crippen LogP) is 3.94. The molecule has 0 saturated carbocycles. The van der Waals surface area contributed by atoms with Crippen molar-refractivity contribution in [3.8, 4) is 5.75 Å². The van der Waals surface area contributed by atoms with E-state index in [4.69, 9.17) is 9.47 Å². The lowest BCUT2D eigenvalue weighted by Crippen LogP contribution is -2.47. The van der Waals surface area contributed by atoms with Crippen LogP contribution in [0.5, 0.6) is 5.75 Å². The third-order valence-electron chi connectivity index (χ3n) is 5.66. The standard InChI is InChI=1S/C23H29NO3/c1-17-8-7-11-21(18(17)2)27-19(3)22(25)24-16-23(12-14-26-15-13-23)20-9-5-4-6-10-20/h4-11,19H,12-16H2,1-3H3,(H,24,25)/t19-/m1/s1. The van der Waals surface area contributed by atoms with E-state index in [0.717, 1.165) is 42.9 Å². The molecule has 27 heavy (non-hydrogen) atoms. The van der Waals surface area contributed by atoms with Crippen LogP contribution in [0.3, 0.4) is 0 Å². The minimum absolute atomic E-state index is 0.0753. The Bertz CT molecular complexity index is 766. The number of hydrogen-bond acceptors (Lipinski definition) is 3. The van der Waals surface area contributed by atoms with Crippen LogP contribution in [0.2, 0.25) is 0 Å². The average molecular weight is 367 g/mol. The Hall–Kier alpha value is -2.33. The summed E-state index contributed by atoms with van der Waals surface area (Å²) in [7, 11) is 0. The normalized spacial score (nSPS) is 17.1. The minimum atomic E-state index is -0.543. The maximum absolute atomic E-state index is 12.7. The molecule has 0 bridgehead atoms. The molecule has 1 atom stereocenters. The van der Waals surface area contributed by atoms with Gasteiger partial charge < -0.3 is 14.8 Å². The zero-order valence-corrected chi connectivity index (χ0v) is 16.5. The Morgan fingerprint density at radius 3 is 2.52 bits per heavy atom. The fourth-order valence-electron chi connectivity index (χ4n) is 3.62. The van der Waals surface area contributed by atoms with Crippen molar-refractivity contribution < 1.29 is 14.3 Å². The summed E-state index contributed by atoms with van der Waals surface area (Å²) in [6.07, 6.45) is 1.27. The first-order valence-electron chi connectivity index (χ1n) is 9.66. The summed E-state index contributed by atoms with van der Waals surface area (Å²) < 4.78 is 11.5. The van der Waals surface area contributed by atoms with E-state index in [9.17, 15) is 4.79 Å². The Morgan fingerprint density at radius 1 is 1.11 bits per heavy atom. The number of ether oxygens (including phenoxy) is 2. The molecule has 144 valence electrons. The fraction of sp³-hybridized carbons (Fsp3) is 0.435. The highest BCUT2D eigenvalue weighted by Gasteiger charge is 2.35. The lowest BCUT2D eigenvalue weighted by Gasteiger charge is -2.38. The van der Waals surface area contributed by atoms with Gasteiger partial charge in [0.15, 0.2) is 6.10 Å². The Kier molecular flexibility index (Phi) is 6.17. The van der Waals surface area contributed by atoms with Crippen LogP contribution in [0.1, 0.15) is 36.5 Å². The number of amides is 1. The van der Waals surface area contributed by atoms with E-state index in [2.05, 4.69) is 29.6 Å². The Balaban J connectivity index is 1.66. The van der Waals surface area contributed by atoms with Gasteiger partial charge in [0.1, 0.15) is 5.75 Å². The molecule has 1 saturated heterocycles. The van der Waals surface area contributed by atoms with Crippen molar-refractivity contribution in [2.45, 2.75) is 45.1 Å². The van der Waals surface area contributed by atoms with Crippen molar-refractivity contribution in [2.75, 3.05) is 19.8 Å². The third kappa shape index (κ3) is 4.51. The molecule has 1 N–H and O–H groups in total. The third-order valence-corrected chi connectivity index (χ3v) is 5.66. The van der Waals surface area contributed by atoms with E-state index >= 15 is 0 Å². The maximum atomic E-state index is 12.7. The maximum Gasteiger partial charge on any atom is 0.260 e. The highest BCUT2D eigenvalue weighted by Crippen LogP contribution is 2.34. The first-order chi connectivity index (χ1) is 13.0. The Morgan fingerprint density at radius 2 is 1.81 bits per heavy atom. The van der Waals surface area contributed by atoms with Gasteiger partial charge >= 0.3 is 0 Å². The molecular formula is C23H29NO3. The summed E-state index contributed by atoms with van der Waals surface area (Å²) >= 11 is 0. The van der Waals surface area contributed by atoms with Crippen LogP contribution in [-0.4, -0.2) is 31.8 Å². The smallest absolute Gasteiger partial charge is 0.260 e.